The van der Waals surface area contributed by atoms with Gasteiger partial charge in [0.15, 0.2) is 0 Å². The molecule has 1 aromatic rings. The first-order valence-electron chi connectivity index (χ1n) is 5.27. The van der Waals surface area contributed by atoms with Crippen molar-refractivity contribution in [1.82, 2.24) is 0 Å². The Labute approximate surface area is 92.1 Å². The molecule has 0 unspecified atom stereocenters. The molecule has 0 saturated heterocycles. The third-order valence-corrected chi connectivity index (χ3v) is 3.12. The Morgan fingerprint density at radius 3 is 2.07 bits per heavy atom. The summed E-state index contributed by atoms with van der Waals surface area (Å²) in [7, 11) is 0. The zero-order chi connectivity index (χ0) is 10.7. The standard InChI is InChI=1S/C12H19NS/c1-4-8-7-11(14)12(13)10(6-3)9(8)5-2/h7,14H,4-6,13H2,1-3H3. The highest BCUT2D eigenvalue weighted by molar-refractivity contribution is 7.80. The summed E-state index contributed by atoms with van der Waals surface area (Å²) in [6, 6.07) is 2.11. The first-order valence-corrected chi connectivity index (χ1v) is 5.72. The van der Waals surface area contributed by atoms with Gasteiger partial charge in [0.1, 0.15) is 0 Å². The number of hydrogen-bond donors (Lipinski definition) is 2. The molecule has 0 radical (unpaired) electrons. The van der Waals surface area contributed by atoms with Crippen molar-refractivity contribution in [3.8, 4) is 0 Å². The summed E-state index contributed by atoms with van der Waals surface area (Å²) < 4.78 is 0. The van der Waals surface area contributed by atoms with E-state index in [0.29, 0.717) is 0 Å². The molecular formula is C12H19NS. The molecule has 0 heterocycles. The van der Waals surface area contributed by atoms with Gasteiger partial charge < -0.3 is 5.73 Å². The van der Waals surface area contributed by atoms with Gasteiger partial charge in [-0.05, 0) is 42.0 Å². The number of thiol groups is 1. The van der Waals surface area contributed by atoms with Crippen LogP contribution in [0.3, 0.4) is 0 Å². The number of nitrogens with two attached hydrogens (primary N) is 1. The van der Waals surface area contributed by atoms with Crippen LogP contribution in [0.5, 0.6) is 0 Å². The molecule has 2 heteroatoms. The molecule has 0 spiro atoms. The topological polar surface area (TPSA) is 26.0 Å². The molecule has 1 rings (SSSR count). The van der Waals surface area contributed by atoms with Gasteiger partial charge in [0.25, 0.3) is 0 Å². The van der Waals surface area contributed by atoms with Crippen LogP contribution in [-0.2, 0) is 19.3 Å². The third kappa shape index (κ3) is 1.90. The van der Waals surface area contributed by atoms with E-state index in [0.717, 1.165) is 29.8 Å². The summed E-state index contributed by atoms with van der Waals surface area (Å²) in [6.45, 7) is 6.51. The quantitative estimate of drug-likeness (QED) is 0.580. The van der Waals surface area contributed by atoms with Crippen LogP contribution in [0.25, 0.3) is 0 Å². The normalized spacial score (nSPS) is 10.6. The van der Waals surface area contributed by atoms with Crippen LogP contribution in [-0.4, -0.2) is 0 Å². The lowest BCUT2D eigenvalue weighted by atomic mass is 9.94. The maximum atomic E-state index is 6.02. The lowest BCUT2D eigenvalue weighted by molar-refractivity contribution is 0.972. The summed E-state index contributed by atoms with van der Waals surface area (Å²) in [5.41, 5.74) is 11.0. The Bertz CT molecular complexity index is 332. The SMILES string of the molecule is CCc1cc(S)c(N)c(CC)c1CC. The van der Waals surface area contributed by atoms with Crippen LogP contribution in [0.2, 0.25) is 0 Å². The van der Waals surface area contributed by atoms with Crippen molar-refractivity contribution in [1.29, 1.82) is 0 Å². The second kappa shape index (κ2) is 4.74. The van der Waals surface area contributed by atoms with Crippen LogP contribution in [0.15, 0.2) is 11.0 Å². The van der Waals surface area contributed by atoms with E-state index in [9.17, 15) is 0 Å². The van der Waals surface area contributed by atoms with Crippen molar-refractivity contribution in [3.63, 3.8) is 0 Å². The average Bonchev–Trinajstić information content (AvgIpc) is 2.20. The second-order valence-corrected chi connectivity index (χ2v) is 3.97. The highest BCUT2D eigenvalue weighted by Crippen LogP contribution is 2.29. The Balaban J connectivity index is 3.42. The minimum atomic E-state index is 0.866. The molecule has 1 nitrogen and oxygen atoms in total. The number of benzene rings is 1. The Morgan fingerprint density at radius 1 is 1.07 bits per heavy atom. The molecule has 0 aliphatic carbocycles. The minimum absolute atomic E-state index is 0.866. The van der Waals surface area contributed by atoms with Crippen molar-refractivity contribution in [2.75, 3.05) is 5.73 Å². The van der Waals surface area contributed by atoms with Crippen LogP contribution < -0.4 is 5.73 Å². The molecule has 78 valence electrons. The largest absolute Gasteiger partial charge is 0.398 e. The second-order valence-electron chi connectivity index (χ2n) is 3.49. The highest BCUT2D eigenvalue weighted by atomic mass is 32.1. The first-order chi connectivity index (χ1) is 6.65. The molecule has 0 amide bonds. The fourth-order valence-corrected chi connectivity index (χ4v) is 2.29. The van der Waals surface area contributed by atoms with E-state index < -0.39 is 0 Å². The van der Waals surface area contributed by atoms with E-state index in [1.54, 1.807) is 0 Å². The Kier molecular flexibility index (Phi) is 3.87. The highest BCUT2D eigenvalue weighted by Gasteiger charge is 2.10. The lowest BCUT2D eigenvalue weighted by Gasteiger charge is -2.16. The van der Waals surface area contributed by atoms with E-state index >= 15 is 0 Å². The molecule has 0 atom stereocenters. The van der Waals surface area contributed by atoms with Gasteiger partial charge in [-0.15, -0.1) is 12.6 Å². The lowest BCUT2D eigenvalue weighted by Crippen LogP contribution is -2.03. The summed E-state index contributed by atoms with van der Waals surface area (Å²) in [5, 5.41) is 0. The summed E-state index contributed by atoms with van der Waals surface area (Å²) >= 11 is 4.41. The average molecular weight is 209 g/mol. The number of anilines is 1. The molecule has 2 N–H and O–H groups in total. The fraction of sp³-hybridized carbons (Fsp3) is 0.500. The number of aryl methyl sites for hydroxylation is 1. The van der Waals surface area contributed by atoms with Crippen molar-refractivity contribution in [2.45, 2.75) is 44.9 Å². The zero-order valence-corrected chi connectivity index (χ0v) is 10.1. The monoisotopic (exact) mass is 209 g/mol. The van der Waals surface area contributed by atoms with Gasteiger partial charge in [-0.1, -0.05) is 20.8 Å². The zero-order valence-electron chi connectivity index (χ0n) is 9.22. The Hall–Kier alpha value is -0.630. The number of rotatable bonds is 3. The molecule has 14 heavy (non-hydrogen) atoms. The Morgan fingerprint density at radius 2 is 1.64 bits per heavy atom. The summed E-state index contributed by atoms with van der Waals surface area (Å²) in [6.07, 6.45) is 3.12. The van der Waals surface area contributed by atoms with Crippen molar-refractivity contribution in [2.24, 2.45) is 0 Å². The smallest absolute Gasteiger partial charge is 0.0485 e. The first kappa shape index (κ1) is 11.4. The van der Waals surface area contributed by atoms with Crippen LogP contribution in [0.1, 0.15) is 37.5 Å². The van der Waals surface area contributed by atoms with E-state index in [4.69, 9.17) is 5.73 Å². The van der Waals surface area contributed by atoms with Crippen molar-refractivity contribution in [3.05, 3.63) is 22.8 Å². The van der Waals surface area contributed by atoms with E-state index in [1.165, 1.54) is 16.7 Å². The molecule has 0 fully saturated rings. The molecule has 1 aromatic carbocycles. The molecule has 0 saturated carbocycles. The van der Waals surface area contributed by atoms with Crippen molar-refractivity contribution < 1.29 is 0 Å². The van der Waals surface area contributed by atoms with Crippen LogP contribution in [0, 0.1) is 0 Å². The molecule has 0 bridgehead atoms. The number of nitrogen functional groups attached to an aromatic ring is 1. The molecular weight excluding hydrogens is 190 g/mol. The van der Waals surface area contributed by atoms with E-state index in [-0.39, 0.29) is 0 Å². The summed E-state index contributed by atoms with van der Waals surface area (Å²) in [5.74, 6) is 0. The minimum Gasteiger partial charge on any atom is -0.398 e. The fourth-order valence-electron chi connectivity index (χ4n) is 2.00. The van der Waals surface area contributed by atoms with E-state index in [2.05, 4.69) is 39.5 Å². The van der Waals surface area contributed by atoms with Gasteiger partial charge in [-0.3, -0.25) is 0 Å². The molecule has 0 aliphatic heterocycles. The van der Waals surface area contributed by atoms with Crippen LogP contribution in [0.4, 0.5) is 5.69 Å². The van der Waals surface area contributed by atoms with Gasteiger partial charge in [-0.2, -0.15) is 0 Å². The van der Waals surface area contributed by atoms with Gasteiger partial charge in [0.2, 0.25) is 0 Å². The van der Waals surface area contributed by atoms with E-state index in [1.807, 2.05) is 0 Å². The predicted octanol–water partition coefficient (Wildman–Crippen LogP) is 3.24. The third-order valence-electron chi connectivity index (χ3n) is 2.75. The molecule has 0 aromatic heterocycles. The van der Waals surface area contributed by atoms with Crippen LogP contribution >= 0.6 is 12.6 Å². The van der Waals surface area contributed by atoms with Gasteiger partial charge in [0.05, 0.1) is 0 Å². The predicted molar refractivity (Wildman–Crippen MR) is 66.2 cm³/mol. The maximum Gasteiger partial charge on any atom is 0.0485 e. The van der Waals surface area contributed by atoms with Crippen molar-refractivity contribution >= 4 is 18.3 Å². The maximum absolute atomic E-state index is 6.02. The van der Waals surface area contributed by atoms with Gasteiger partial charge in [0, 0.05) is 10.6 Å². The number of hydrogen-bond acceptors (Lipinski definition) is 2. The van der Waals surface area contributed by atoms with Gasteiger partial charge >= 0.3 is 0 Å². The van der Waals surface area contributed by atoms with Gasteiger partial charge in [-0.25, -0.2) is 0 Å². The summed E-state index contributed by atoms with van der Waals surface area (Å²) in [4.78, 5) is 0.927. The molecule has 0 aliphatic rings.